The van der Waals surface area contributed by atoms with Crippen LogP contribution in [0.15, 0.2) is 78.0 Å². The van der Waals surface area contributed by atoms with E-state index in [2.05, 4.69) is 26.2 Å². The van der Waals surface area contributed by atoms with Crippen LogP contribution in [0, 0.1) is 17.7 Å². The van der Waals surface area contributed by atoms with Crippen LogP contribution in [0.2, 0.25) is 5.02 Å². The van der Waals surface area contributed by atoms with Gasteiger partial charge in [-0.25, -0.2) is 9.07 Å². The molecule has 2 N–H and O–H groups in total. The van der Waals surface area contributed by atoms with Crippen LogP contribution >= 0.6 is 11.6 Å². The molecule has 2 aromatic heterocycles. The zero-order valence-electron chi connectivity index (χ0n) is 20.8. The Bertz CT molecular complexity index is 1610. The highest BCUT2D eigenvalue weighted by Crippen LogP contribution is 2.28. The lowest BCUT2D eigenvalue weighted by molar-refractivity contribution is -0.131. The highest BCUT2D eigenvalue weighted by molar-refractivity contribution is 6.30. The number of carbonyl (C=O) groups excluding carboxylic acids is 3. The first-order valence-corrected chi connectivity index (χ1v) is 12.5. The van der Waals surface area contributed by atoms with Crippen LogP contribution in [0.3, 0.4) is 0 Å². The average molecular weight is 565 g/mol. The molecule has 3 amide bonds. The van der Waals surface area contributed by atoms with Crippen LogP contribution in [0.5, 0.6) is 0 Å². The summed E-state index contributed by atoms with van der Waals surface area (Å²) >= 11 is 5.92. The maximum Gasteiger partial charge on any atom is 0.255 e. The fraction of sp³-hybridized carbons (Fsp3) is 0.192. The van der Waals surface area contributed by atoms with Crippen LogP contribution in [0.1, 0.15) is 0 Å². The zero-order chi connectivity index (χ0) is 28.2. The van der Waals surface area contributed by atoms with Crippen LogP contribution < -0.4 is 16.2 Å². The minimum Gasteiger partial charge on any atom is -0.339 e. The van der Waals surface area contributed by atoms with Crippen molar-refractivity contribution in [2.24, 2.45) is 11.8 Å². The highest BCUT2D eigenvalue weighted by Gasteiger charge is 2.43. The zero-order valence-corrected chi connectivity index (χ0v) is 21.5. The second-order valence-corrected chi connectivity index (χ2v) is 9.51. The number of benzene rings is 2. The Labute approximate surface area is 231 Å². The van der Waals surface area contributed by atoms with E-state index in [1.807, 2.05) is 0 Å². The standard InChI is InChI=1S/C26H22ClFN8O4/c27-16-4-6-17(7-5-16)30-25(39)19-12-34(24(38)14-35-15-29-32-33-35)13-20(19)26(40)31-22-9-8-18(11-21(22)28)36-10-2-1-3-23(36)37/h1-11,15,19-20H,12-14H2,(H,30,39)(H,31,40)/t19-,20-/m0/s1. The van der Waals surface area contributed by atoms with Gasteiger partial charge in [-0.2, -0.15) is 0 Å². The average Bonchev–Trinajstić information content (AvgIpc) is 3.62. The molecule has 2 atom stereocenters. The van der Waals surface area contributed by atoms with Crippen LogP contribution in [0.4, 0.5) is 15.8 Å². The predicted molar refractivity (Wildman–Crippen MR) is 142 cm³/mol. The molecule has 1 aliphatic rings. The lowest BCUT2D eigenvalue weighted by Gasteiger charge is -2.18. The number of hydrogen-bond acceptors (Lipinski definition) is 7. The van der Waals surface area contributed by atoms with E-state index in [4.69, 9.17) is 11.6 Å². The summed E-state index contributed by atoms with van der Waals surface area (Å²) in [5, 5.41) is 16.4. The third-order valence-electron chi connectivity index (χ3n) is 6.46. The Hall–Kier alpha value is -4.91. The van der Waals surface area contributed by atoms with Crippen molar-refractivity contribution in [1.82, 2.24) is 29.7 Å². The van der Waals surface area contributed by atoms with Crippen molar-refractivity contribution in [3.8, 4) is 5.69 Å². The van der Waals surface area contributed by atoms with E-state index >= 15 is 4.39 Å². The molecule has 204 valence electrons. The van der Waals surface area contributed by atoms with Gasteiger partial charge in [-0.1, -0.05) is 17.7 Å². The molecule has 0 bridgehead atoms. The molecule has 1 aliphatic heterocycles. The van der Waals surface area contributed by atoms with E-state index in [9.17, 15) is 19.2 Å². The maximum absolute atomic E-state index is 15.0. The van der Waals surface area contributed by atoms with E-state index in [1.165, 1.54) is 44.9 Å². The number of tetrazole rings is 1. The molecular formula is C26H22ClFN8O4. The van der Waals surface area contributed by atoms with Crippen molar-refractivity contribution in [2.45, 2.75) is 6.54 Å². The number of pyridine rings is 1. The predicted octanol–water partition coefficient (Wildman–Crippen LogP) is 1.97. The molecule has 12 nitrogen and oxygen atoms in total. The molecule has 1 fully saturated rings. The van der Waals surface area contributed by atoms with Crippen molar-refractivity contribution in [1.29, 1.82) is 0 Å². The largest absolute Gasteiger partial charge is 0.339 e. The Morgan fingerprint density at radius 3 is 2.35 bits per heavy atom. The first-order valence-electron chi connectivity index (χ1n) is 12.1. The van der Waals surface area contributed by atoms with Gasteiger partial charge in [0.2, 0.25) is 17.7 Å². The van der Waals surface area contributed by atoms with Crippen molar-refractivity contribution < 1.29 is 18.8 Å². The number of aromatic nitrogens is 5. The van der Waals surface area contributed by atoms with E-state index in [0.717, 1.165) is 6.07 Å². The molecule has 40 heavy (non-hydrogen) atoms. The second kappa shape index (κ2) is 11.5. The fourth-order valence-corrected chi connectivity index (χ4v) is 4.55. The molecule has 0 saturated carbocycles. The highest BCUT2D eigenvalue weighted by atomic mass is 35.5. The molecule has 0 spiro atoms. The number of likely N-dealkylation sites (tertiary alicyclic amines) is 1. The second-order valence-electron chi connectivity index (χ2n) is 9.08. The van der Waals surface area contributed by atoms with Crippen molar-refractivity contribution in [2.75, 3.05) is 23.7 Å². The van der Waals surface area contributed by atoms with Gasteiger partial charge in [0, 0.05) is 42.1 Å². The topological polar surface area (TPSA) is 144 Å². The molecule has 14 heteroatoms. The van der Waals surface area contributed by atoms with E-state index < -0.39 is 35.4 Å². The van der Waals surface area contributed by atoms with Gasteiger partial charge >= 0.3 is 0 Å². The third-order valence-corrected chi connectivity index (χ3v) is 6.71. The molecule has 1 saturated heterocycles. The third kappa shape index (κ3) is 5.89. The monoisotopic (exact) mass is 564 g/mol. The van der Waals surface area contributed by atoms with Gasteiger partial charge in [-0.15, -0.1) is 5.10 Å². The number of nitrogens with one attached hydrogen (secondary N) is 2. The Morgan fingerprint density at radius 2 is 1.70 bits per heavy atom. The van der Waals surface area contributed by atoms with Gasteiger partial charge in [0.1, 0.15) is 18.7 Å². The van der Waals surface area contributed by atoms with E-state index in [1.54, 1.807) is 36.4 Å². The van der Waals surface area contributed by atoms with E-state index in [-0.39, 0.29) is 36.6 Å². The van der Waals surface area contributed by atoms with Gasteiger partial charge < -0.3 is 15.5 Å². The maximum atomic E-state index is 15.0. The number of amides is 3. The lowest BCUT2D eigenvalue weighted by Crippen LogP contribution is -2.35. The Morgan fingerprint density at radius 1 is 0.975 bits per heavy atom. The van der Waals surface area contributed by atoms with Crippen molar-refractivity contribution >= 4 is 40.7 Å². The van der Waals surface area contributed by atoms with Crippen LogP contribution in [-0.4, -0.2) is 60.5 Å². The summed E-state index contributed by atoms with van der Waals surface area (Å²) in [6, 6.07) is 14.9. The first kappa shape index (κ1) is 26.7. The van der Waals surface area contributed by atoms with Crippen LogP contribution in [-0.2, 0) is 20.9 Å². The van der Waals surface area contributed by atoms with Gasteiger partial charge in [0.05, 0.1) is 23.2 Å². The van der Waals surface area contributed by atoms with Gasteiger partial charge in [-0.3, -0.25) is 23.7 Å². The van der Waals surface area contributed by atoms with Crippen molar-refractivity contribution in [3.63, 3.8) is 0 Å². The Balaban J connectivity index is 1.35. The normalized spacial score (nSPS) is 16.5. The number of hydrogen-bond donors (Lipinski definition) is 2. The van der Waals surface area contributed by atoms with Gasteiger partial charge in [0.25, 0.3) is 5.56 Å². The van der Waals surface area contributed by atoms with Crippen molar-refractivity contribution in [3.05, 3.63) is 94.4 Å². The fourth-order valence-electron chi connectivity index (χ4n) is 4.42. The SMILES string of the molecule is O=C(Nc1ccc(Cl)cc1)[C@H]1CN(C(=O)Cn2cnnn2)C[C@@H]1C(=O)Nc1ccc(-n2ccccc2=O)cc1F. The Kier molecular flexibility index (Phi) is 7.64. The van der Waals surface area contributed by atoms with E-state index in [0.29, 0.717) is 10.7 Å². The molecular weight excluding hydrogens is 543 g/mol. The molecule has 0 unspecified atom stereocenters. The molecule has 5 rings (SSSR count). The summed E-state index contributed by atoms with van der Waals surface area (Å²) < 4.78 is 17.5. The summed E-state index contributed by atoms with van der Waals surface area (Å²) in [7, 11) is 0. The molecule has 2 aromatic carbocycles. The smallest absolute Gasteiger partial charge is 0.255 e. The minimum atomic E-state index is -0.985. The number of anilines is 2. The van der Waals surface area contributed by atoms with Gasteiger partial charge in [0.15, 0.2) is 0 Å². The molecule has 0 radical (unpaired) electrons. The molecule has 3 heterocycles. The summed E-state index contributed by atoms with van der Waals surface area (Å²) in [6.07, 6.45) is 2.78. The van der Waals surface area contributed by atoms with Gasteiger partial charge in [-0.05, 0) is 52.9 Å². The summed E-state index contributed by atoms with van der Waals surface area (Å²) in [5.41, 5.74) is 0.269. The number of carbonyl (C=O) groups is 3. The minimum absolute atomic E-state index is 0.0448. The first-order chi connectivity index (χ1) is 19.3. The summed E-state index contributed by atoms with van der Waals surface area (Å²) in [6.45, 7) is -0.302. The number of rotatable bonds is 7. The summed E-state index contributed by atoms with van der Waals surface area (Å²) in [4.78, 5) is 53.0. The molecule has 0 aliphatic carbocycles. The summed E-state index contributed by atoms with van der Waals surface area (Å²) in [5.74, 6) is -4.21. The number of nitrogens with zero attached hydrogens (tertiary/aromatic N) is 6. The lowest BCUT2D eigenvalue weighted by atomic mass is 9.94. The number of halogens is 2. The molecule has 4 aromatic rings. The van der Waals surface area contributed by atoms with Crippen LogP contribution in [0.25, 0.3) is 5.69 Å². The quantitative estimate of drug-likeness (QED) is 0.349.